The van der Waals surface area contributed by atoms with E-state index in [4.69, 9.17) is 4.74 Å². The number of thiophene rings is 1. The van der Waals surface area contributed by atoms with Crippen molar-refractivity contribution in [2.45, 2.75) is 30.7 Å². The second kappa shape index (κ2) is 9.44. The number of nitrogens with zero attached hydrogens (tertiary/aromatic N) is 2. The van der Waals surface area contributed by atoms with E-state index in [9.17, 15) is 14.4 Å². The van der Waals surface area contributed by atoms with Crippen molar-refractivity contribution >= 4 is 56.9 Å². The molecular formula is C21H20N4O4S2. The smallest absolute Gasteiger partial charge is 0.325 e. The minimum Gasteiger partial charge on any atom is -0.466 e. The van der Waals surface area contributed by atoms with Crippen LogP contribution in [0.2, 0.25) is 0 Å². The predicted molar refractivity (Wildman–Crippen MR) is 119 cm³/mol. The number of para-hydroxylation sites is 1. The van der Waals surface area contributed by atoms with Gasteiger partial charge in [-0.1, -0.05) is 30.0 Å². The van der Waals surface area contributed by atoms with Gasteiger partial charge in [-0.15, -0.1) is 11.3 Å². The van der Waals surface area contributed by atoms with Gasteiger partial charge in [0.1, 0.15) is 16.2 Å². The SMILES string of the molecule is CCOC(=O)[C@@H]1CCc2sc3ncnc(SCC(=O)NC(=O)Nc4ccccc4)c3c21. The third kappa shape index (κ3) is 4.70. The highest BCUT2D eigenvalue weighted by molar-refractivity contribution is 8.00. The van der Waals surface area contributed by atoms with Crippen LogP contribution in [0.4, 0.5) is 10.5 Å². The molecule has 0 saturated heterocycles. The van der Waals surface area contributed by atoms with Gasteiger partial charge in [0.15, 0.2) is 0 Å². The summed E-state index contributed by atoms with van der Waals surface area (Å²) in [6, 6.07) is 8.28. The molecule has 1 atom stereocenters. The molecule has 1 aliphatic rings. The molecule has 160 valence electrons. The van der Waals surface area contributed by atoms with Crippen LogP contribution in [0.1, 0.15) is 29.7 Å². The minimum atomic E-state index is -0.594. The first-order valence-corrected chi connectivity index (χ1v) is 11.6. The largest absolute Gasteiger partial charge is 0.466 e. The number of ether oxygens (including phenoxy) is 1. The van der Waals surface area contributed by atoms with Crippen molar-refractivity contribution in [3.63, 3.8) is 0 Å². The molecule has 0 unspecified atom stereocenters. The molecule has 31 heavy (non-hydrogen) atoms. The number of nitrogens with one attached hydrogen (secondary N) is 2. The van der Waals surface area contributed by atoms with Crippen LogP contribution in [0.25, 0.3) is 10.2 Å². The third-order valence-electron chi connectivity index (χ3n) is 4.77. The molecule has 0 spiro atoms. The lowest BCUT2D eigenvalue weighted by molar-refractivity contribution is -0.144. The first-order valence-electron chi connectivity index (χ1n) is 9.78. The quantitative estimate of drug-likeness (QED) is 0.330. The van der Waals surface area contributed by atoms with E-state index in [2.05, 4.69) is 20.6 Å². The van der Waals surface area contributed by atoms with Crippen molar-refractivity contribution in [2.24, 2.45) is 0 Å². The molecule has 2 heterocycles. The summed E-state index contributed by atoms with van der Waals surface area (Å²) in [4.78, 5) is 47.3. The fraction of sp³-hybridized carbons (Fsp3) is 0.286. The summed E-state index contributed by atoms with van der Waals surface area (Å²) in [6.07, 6.45) is 2.95. The summed E-state index contributed by atoms with van der Waals surface area (Å²) in [5.74, 6) is -1.02. The number of carbonyl (C=O) groups is 3. The van der Waals surface area contributed by atoms with Crippen LogP contribution in [0.5, 0.6) is 0 Å². The summed E-state index contributed by atoms with van der Waals surface area (Å²) in [5, 5.41) is 6.35. The Bertz CT molecular complexity index is 1130. The predicted octanol–water partition coefficient (Wildman–Crippen LogP) is 3.72. The topological polar surface area (TPSA) is 110 Å². The van der Waals surface area contributed by atoms with Gasteiger partial charge in [-0.3, -0.25) is 14.9 Å². The second-order valence-electron chi connectivity index (χ2n) is 6.80. The van der Waals surface area contributed by atoms with Gasteiger partial charge in [-0.05, 0) is 37.5 Å². The van der Waals surface area contributed by atoms with Crippen molar-refractivity contribution in [3.05, 3.63) is 47.1 Å². The Labute approximate surface area is 186 Å². The number of urea groups is 1. The van der Waals surface area contributed by atoms with Crippen molar-refractivity contribution in [1.82, 2.24) is 15.3 Å². The molecule has 1 aliphatic carbocycles. The maximum Gasteiger partial charge on any atom is 0.325 e. The number of carbonyl (C=O) groups excluding carboxylic acids is 3. The Morgan fingerprint density at radius 3 is 2.81 bits per heavy atom. The zero-order valence-corrected chi connectivity index (χ0v) is 18.3. The maximum absolute atomic E-state index is 12.4. The molecule has 3 amide bonds. The highest BCUT2D eigenvalue weighted by atomic mass is 32.2. The number of hydrogen-bond acceptors (Lipinski definition) is 8. The number of anilines is 1. The van der Waals surface area contributed by atoms with Crippen LogP contribution in [-0.4, -0.2) is 40.2 Å². The lowest BCUT2D eigenvalue weighted by Gasteiger charge is -2.11. The van der Waals surface area contributed by atoms with E-state index in [-0.39, 0.29) is 17.6 Å². The first-order chi connectivity index (χ1) is 15.1. The number of hydrogen-bond donors (Lipinski definition) is 2. The van der Waals surface area contributed by atoms with Crippen LogP contribution in [0, 0.1) is 0 Å². The highest BCUT2D eigenvalue weighted by Crippen LogP contribution is 2.46. The lowest BCUT2D eigenvalue weighted by atomic mass is 10.0. The van der Waals surface area contributed by atoms with Gasteiger partial charge in [-0.25, -0.2) is 14.8 Å². The number of thioether (sulfide) groups is 1. The fourth-order valence-corrected chi connectivity index (χ4v) is 5.61. The Morgan fingerprint density at radius 1 is 1.23 bits per heavy atom. The molecule has 1 aromatic carbocycles. The first kappa shape index (κ1) is 21.3. The summed E-state index contributed by atoms with van der Waals surface area (Å²) >= 11 is 2.76. The van der Waals surface area contributed by atoms with E-state index < -0.39 is 11.9 Å². The molecule has 8 nitrogen and oxygen atoms in total. The average Bonchev–Trinajstić information content (AvgIpc) is 3.32. The lowest BCUT2D eigenvalue weighted by Crippen LogP contribution is -2.35. The van der Waals surface area contributed by atoms with E-state index >= 15 is 0 Å². The van der Waals surface area contributed by atoms with Crippen LogP contribution in [0.15, 0.2) is 41.7 Å². The second-order valence-corrected chi connectivity index (χ2v) is 8.85. The van der Waals surface area contributed by atoms with Gasteiger partial charge in [-0.2, -0.15) is 0 Å². The van der Waals surface area contributed by atoms with E-state index in [0.717, 1.165) is 27.1 Å². The summed E-state index contributed by atoms with van der Waals surface area (Å²) in [6.45, 7) is 2.12. The molecule has 0 radical (unpaired) electrons. The number of aryl methyl sites for hydroxylation is 1. The van der Waals surface area contributed by atoms with Gasteiger partial charge >= 0.3 is 12.0 Å². The molecule has 3 aromatic rings. The fourth-order valence-electron chi connectivity index (χ4n) is 3.52. The number of rotatable bonds is 6. The Morgan fingerprint density at radius 2 is 2.03 bits per heavy atom. The summed E-state index contributed by atoms with van der Waals surface area (Å²) in [5.41, 5.74) is 1.51. The third-order valence-corrected chi connectivity index (χ3v) is 6.93. The van der Waals surface area contributed by atoms with Gasteiger partial charge in [0, 0.05) is 16.0 Å². The zero-order valence-electron chi connectivity index (χ0n) is 16.7. The van der Waals surface area contributed by atoms with Gasteiger partial charge in [0.25, 0.3) is 0 Å². The van der Waals surface area contributed by atoms with E-state index in [1.807, 2.05) is 6.07 Å². The normalized spacial score (nSPS) is 14.8. The van der Waals surface area contributed by atoms with Crippen molar-refractivity contribution in [2.75, 3.05) is 17.7 Å². The molecule has 0 fully saturated rings. The Kier molecular flexibility index (Phi) is 6.47. The number of amides is 3. The summed E-state index contributed by atoms with van der Waals surface area (Å²) < 4.78 is 5.24. The number of fused-ring (bicyclic) bond motifs is 3. The number of esters is 1. The van der Waals surface area contributed by atoms with Crippen LogP contribution < -0.4 is 10.6 Å². The molecule has 0 aliphatic heterocycles. The van der Waals surface area contributed by atoms with Crippen molar-refractivity contribution in [1.29, 1.82) is 0 Å². The van der Waals surface area contributed by atoms with E-state index in [0.29, 0.717) is 23.7 Å². The summed E-state index contributed by atoms with van der Waals surface area (Å²) in [7, 11) is 0. The number of imide groups is 1. The molecule has 2 N–H and O–H groups in total. The van der Waals surface area contributed by atoms with E-state index in [1.54, 1.807) is 42.5 Å². The molecule has 0 bridgehead atoms. The van der Waals surface area contributed by atoms with Gasteiger partial charge in [0.2, 0.25) is 5.91 Å². The highest BCUT2D eigenvalue weighted by Gasteiger charge is 2.35. The molecule has 10 heteroatoms. The maximum atomic E-state index is 12.4. The zero-order chi connectivity index (χ0) is 21.8. The molecule has 4 rings (SSSR count). The Hall–Kier alpha value is -2.98. The minimum absolute atomic E-state index is 0.00299. The monoisotopic (exact) mass is 456 g/mol. The molecular weight excluding hydrogens is 436 g/mol. The van der Waals surface area contributed by atoms with Crippen LogP contribution in [-0.2, 0) is 20.7 Å². The van der Waals surface area contributed by atoms with E-state index in [1.165, 1.54) is 18.1 Å². The molecule has 0 saturated carbocycles. The van der Waals surface area contributed by atoms with Crippen molar-refractivity contribution in [3.8, 4) is 0 Å². The van der Waals surface area contributed by atoms with Crippen LogP contribution in [0.3, 0.4) is 0 Å². The van der Waals surface area contributed by atoms with Gasteiger partial charge in [0.05, 0.1) is 18.3 Å². The van der Waals surface area contributed by atoms with Gasteiger partial charge < -0.3 is 10.1 Å². The average molecular weight is 457 g/mol. The number of benzene rings is 1. The van der Waals surface area contributed by atoms with Crippen molar-refractivity contribution < 1.29 is 19.1 Å². The molecule has 2 aromatic heterocycles. The van der Waals surface area contributed by atoms with Crippen LogP contribution >= 0.6 is 23.1 Å². The Balaban J connectivity index is 1.46. The number of aromatic nitrogens is 2. The standard InChI is InChI=1S/C21H20N4O4S2/c1-2-29-20(27)13-8-9-14-16(13)17-18(22-11-23-19(17)31-14)30-10-15(26)25-21(28)24-12-6-4-3-5-7-12/h3-7,11,13H,2,8-10H2,1H3,(H2,24,25,26,28)/t13-/m1/s1.